The van der Waals surface area contributed by atoms with Crippen LogP contribution in [0.5, 0.6) is 0 Å². The Labute approximate surface area is 259 Å². The van der Waals surface area contributed by atoms with Crippen molar-refractivity contribution in [1.82, 2.24) is 15.2 Å². The van der Waals surface area contributed by atoms with Crippen LogP contribution in [0, 0.1) is 38.5 Å². The summed E-state index contributed by atoms with van der Waals surface area (Å²) in [6.07, 6.45) is 5.24. The number of aromatic nitrogens is 1. The quantitative estimate of drug-likeness (QED) is 0.344. The number of carbonyl (C=O) groups is 2. The molecule has 1 aromatic heterocycles. The Balaban J connectivity index is 1.32. The van der Waals surface area contributed by atoms with E-state index >= 15 is 0 Å². The lowest BCUT2D eigenvalue weighted by molar-refractivity contribution is -0.128. The number of hydrogen-bond acceptors (Lipinski definition) is 5. The van der Waals surface area contributed by atoms with Gasteiger partial charge < -0.3 is 19.9 Å². The minimum atomic E-state index is -0.275. The van der Waals surface area contributed by atoms with Gasteiger partial charge in [-0.3, -0.25) is 19.3 Å². The Bertz CT molecular complexity index is 1650. The summed E-state index contributed by atoms with van der Waals surface area (Å²) in [6.45, 7) is 12.5. The van der Waals surface area contributed by atoms with E-state index in [0.29, 0.717) is 29.5 Å². The lowest BCUT2D eigenvalue weighted by atomic mass is 9.58. The van der Waals surface area contributed by atoms with Crippen molar-refractivity contribution in [2.24, 2.45) is 17.8 Å². The number of aromatic amines is 1. The van der Waals surface area contributed by atoms with Crippen LogP contribution in [0.15, 0.2) is 59.4 Å². The van der Waals surface area contributed by atoms with E-state index in [1.54, 1.807) is 0 Å². The van der Waals surface area contributed by atoms with Gasteiger partial charge in [0.15, 0.2) is 0 Å². The molecule has 1 aliphatic heterocycles. The first kappa shape index (κ1) is 30.0. The Kier molecular flexibility index (Phi) is 8.56. The Morgan fingerprint density at radius 3 is 2.39 bits per heavy atom. The fourth-order valence-electron chi connectivity index (χ4n) is 6.80. The highest BCUT2D eigenvalue weighted by Crippen LogP contribution is 2.50. The number of nitrogens with one attached hydrogen (secondary N) is 2. The number of anilines is 1. The number of pyridine rings is 1. The van der Waals surface area contributed by atoms with E-state index in [9.17, 15) is 14.4 Å². The van der Waals surface area contributed by atoms with Crippen molar-refractivity contribution >= 4 is 17.5 Å². The number of morpholine rings is 1. The summed E-state index contributed by atoms with van der Waals surface area (Å²) >= 11 is 0. The molecule has 0 radical (unpaired) electrons. The van der Waals surface area contributed by atoms with Crippen LogP contribution in [0.1, 0.15) is 51.7 Å². The predicted molar refractivity (Wildman–Crippen MR) is 173 cm³/mol. The molecule has 2 heterocycles. The van der Waals surface area contributed by atoms with Gasteiger partial charge in [0, 0.05) is 61.1 Å². The number of carbonyl (C=O) groups excluding carboxylic acids is 2. The van der Waals surface area contributed by atoms with Crippen molar-refractivity contribution in [1.29, 1.82) is 0 Å². The molecule has 0 spiro atoms. The summed E-state index contributed by atoms with van der Waals surface area (Å²) in [4.78, 5) is 47.3. The first-order valence-corrected chi connectivity index (χ1v) is 15.7. The molecule has 2 aromatic carbocycles. The van der Waals surface area contributed by atoms with Crippen molar-refractivity contribution in [3.05, 3.63) is 98.5 Å². The fourth-order valence-corrected chi connectivity index (χ4v) is 6.80. The Morgan fingerprint density at radius 1 is 1.02 bits per heavy atom. The number of nitrogens with zero attached hydrogens (tertiary/aromatic N) is 2. The number of fused-ring (bicyclic) bond motifs is 1. The highest BCUT2D eigenvalue weighted by atomic mass is 16.5. The molecule has 0 bridgehead atoms. The van der Waals surface area contributed by atoms with E-state index in [1.165, 1.54) is 5.56 Å². The zero-order valence-corrected chi connectivity index (χ0v) is 26.1. The molecular weight excluding hydrogens is 552 g/mol. The highest BCUT2D eigenvalue weighted by Gasteiger charge is 2.48. The zero-order chi connectivity index (χ0) is 31.0. The summed E-state index contributed by atoms with van der Waals surface area (Å²) in [5.41, 5.74) is 7.03. The summed E-state index contributed by atoms with van der Waals surface area (Å²) in [6, 6.07) is 14.3. The SMILES string of the molecule is CCN(C(=O)C1CC2C=CC21)c1cc(-c2ccc(CN3CCOCC3)cc2)cc(C(=O)NCc2c(C)cc(C)[nH]c2=O)c1C. The molecule has 2 N–H and O–H groups in total. The number of benzene rings is 2. The van der Waals surface area contributed by atoms with E-state index in [2.05, 4.69) is 51.6 Å². The minimum Gasteiger partial charge on any atom is -0.379 e. The minimum absolute atomic E-state index is 0.0130. The van der Waals surface area contributed by atoms with Gasteiger partial charge in [-0.05, 0) is 92.0 Å². The second-order valence-corrected chi connectivity index (χ2v) is 12.4. The summed E-state index contributed by atoms with van der Waals surface area (Å²) in [5, 5.41) is 2.98. The van der Waals surface area contributed by atoms with Crippen molar-refractivity contribution in [3.8, 4) is 11.1 Å². The molecule has 2 amide bonds. The van der Waals surface area contributed by atoms with E-state index < -0.39 is 0 Å². The van der Waals surface area contributed by atoms with E-state index in [0.717, 1.165) is 72.9 Å². The maximum absolute atomic E-state index is 13.8. The molecule has 2 aliphatic carbocycles. The van der Waals surface area contributed by atoms with Gasteiger partial charge in [0.2, 0.25) is 5.91 Å². The third-order valence-corrected chi connectivity index (χ3v) is 9.60. The lowest BCUT2D eigenvalue weighted by Gasteiger charge is -2.48. The molecule has 8 nitrogen and oxygen atoms in total. The first-order valence-electron chi connectivity index (χ1n) is 15.7. The molecular formula is C36H42N4O4. The molecule has 44 heavy (non-hydrogen) atoms. The van der Waals surface area contributed by atoms with Crippen LogP contribution in [-0.4, -0.2) is 54.5 Å². The average Bonchev–Trinajstić information content (AvgIpc) is 3.00. The topological polar surface area (TPSA) is 94.7 Å². The van der Waals surface area contributed by atoms with Gasteiger partial charge in [0.05, 0.1) is 13.2 Å². The van der Waals surface area contributed by atoms with Crippen LogP contribution in [0.3, 0.4) is 0 Å². The summed E-state index contributed by atoms with van der Waals surface area (Å²) < 4.78 is 5.49. The maximum atomic E-state index is 13.8. The fraction of sp³-hybridized carbons (Fsp3) is 0.417. The monoisotopic (exact) mass is 594 g/mol. The largest absolute Gasteiger partial charge is 0.379 e. The second-order valence-electron chi connectivity index (χ2n) is 12.4. The Hall–Kier alpha value is -4.01. The van der Waals surface area contributed by atoms with E-state index in [4.69, 9.17) is 4.74 Å². The molecule has 230 valence electrons. The lowest BCUT2D eigenvalue weighted by Crippen LogP contribution is -2.50. The highest BCUT2D eigenvalue weighted by molar-refractivity contribution is 6.03. The number of aryl methyl sites for hydroxylation is 2. The standard InChI is InChI=1S/C36H42N4O4/c1-5-40(36(43)31-17-27-10-11-29(27)31)33-19-28(26-8-6-25(7-9-26)21-39-12-14-44-15-13-39)18-30(24(33)4)34(41)37-20-32-22(2)16-23(3)38-35(32)42/h6-11,16,18-19,27,29,31H,5,12-15,17,20-21H2,1-4H3,(H,37,41)(H,38,42). The van der Waals surface area contributed by atoms with Crippen molar-refractivity contribution in [2.45, 2.75) is 47.2 Å². The number of ether oxygens (including phenoxy) is 1. The summed E-state index contributed by atoms with van der Waals surface area (Å²) in [5.74, 6) is 0.690. The second kappa shape index (κ2) is 12.5. The van der Waals surface area contributed by atoms with Gasteiger partial charge in [-0.25, -0.2) is 0 Å². The van der Waals surface area contributed by atoms with Crippen molar-refractivity contribution in [2.75, 3.05) is 37.7 Å². The van der Waals surface area contributed by atoms with E-state index in [-0.39, 0.29) is 29.8 Å². The van der Waals surface area contributed by atoms with Crippen molar-refractivity contribution in [3.63, 3.8) is 0 Å². The molecule has 3 unspecified atom stereocenters. The van der Waals surface area contributed by atoms with Crippen LogP contribution in [0.25, 0.3) is 11.1 Å². The molecule has 3 aromatic rings. The molecule has 6 rings (SSSR count). The van der Waals surface area contributed by atoms with Gasteiger partial charge in [0.1, 0.15) is 0 Å². The van der Waals surface area contributed by atoms with Crippen LogP contribution >= 0.6 is 0 Å². The average molecular weight is 595 g/mol. The normalized spacial score (nSPS) is 20.8. The van der Waals surface area contributed by atoms with Gasteiger partial charge in [-0.15, -0.1) is 0 Å². The smallest absolute Gasteiger partial charge is 0.253 e. The van der Waals surface area contributed by atoms with Crippen molar-refractivity contribution < 1.29 is 14.3 Å². The third-order valence-electron chi connectivity index (χ3n) is 9.60. The van der Waals surface area contributed by atoms with Gasteiger partial charge in [-0.1, -0.05) is 36.4 Å². The maximum Gasteiger partial charge on any atom is 0.253 e. The number of allylic oxidation sites excluding steroid dienone is 2. The molecule has 2 fully saturated rings. The molecule has 3 aliphatic rings. The predicted octanol–water partition coefficient (Wildman–Crippen LogP) is 4.90. The first-order chi connectivity index (χ1) is 21.2. The molecule has 3 atom stereocenters. The van der Waals surface area contributed by atoms with Crippen LogP contribution in [0.2, 0.25) is 0 Å². The van der Waals surface area contributed by atoms with Gasteiger partial charge in [-0.2, -0.15) is 0 Å². The van der Waals surface area contributed by atoms with Gasteiger partial charge in [0.25, 0.3) is 11.5 Å². The number of rotatable bonds is 9. The molecule has 1 saturated carbocycles. The number of H-pyrrole nitrogens is 1. The van der Waals surface area contributed by atoms with E-state index in [1.807, 2.05) is 50.8 Å². The van der Waals surface area contributed by atoms with Crippen LogP contribution < -0.4 is 15.8 Å². The van der Waals surface area contributed by atoms with Crippen LogP contribution in [-0.2, 0) is 22.6 Å². The molecule has 8 heteroatoms. The number of amides is 2. The molecule has 1 saturated heterocycles. The zero-order valence-electron chi connectivity index (χ0n) is 26.1. The Morgan fingerprint density at radius 2 is 1.77 bits per heavy atom. The van der Waals surface area contributed by atoms with Gasteiger partial charge >= 0.3 is 0 Å². The summed E-state index contributed by atoms with van der Waals surface area (Å²) in [7, 11) is 0. The van der Waals surface area contributed by atoms with Crippen LogP contribution in [0.4, 0.5) is 5.69 Å². The third kappa shape index (κ3) is 5.88. The number of hydrogen-bond donors (Lipinski definition) is 2.